The minimum absolute atomic E-state index is 0.253. The maximum absolute atomic E-state index is 12.6. The number of fused-ring (bicyclic) bond motifs is 1. The lowest BCUT2D eigenvalue weighted by Gasteiger charge is -2.35. The molecule has 0 spiro atoms. The van der Waals surface area contributed by atoms with Crippen molar-refractivity contribution in [2.45, 2.75) is 6.92 Å². The quantitative estimate of drug-likeness (QED) is 0.735. The molecule has 3 aromatic rings. The van der Waals surface area contributed by atoms with E-state index < -0.39 is 0 Å². The van der Waals surface area contributed by atoms with Gasteiger partial charge in [0.2, 0.25) is 0 Å². The summed E-state index contributed by atoms with van der Waals surface area (Å²) in [5.41, 5.74) is 1.86. The molecule has 0 aliphatic carbocycles. The van der Waals surface area contributed by atoms with Crippen LogP contribution in [0.25, 0.3) is 10.8 Å². The van der Waals surface area contributed by atoms with Gasteiger partial charge in [-0.25, -0.2) is 0 Å². The highest BCUT2D eigenvalue weighted by Gasteiger charge is 2.16. The van der Waals surface area contributed by atoms with Gasteiger partial charge in [-0.3, -0.25) is 9.59 Å². The number of pyridine rings is 1. The largest absolute Gasteiger partial charge is 0.369 e. The second-order valence-corrected chi connectivity index (χ2v) is 7.02. The Morgan fingerprint density at radius 2 is 1.75 bits per heavy atom. The van der Waals surface area contributed by atoms with Gasteiger partial charge in [0.15, 0.2) is 0 Å². The lowest BCUT2D eigenvalue weighted by atomic mass is 10.1. The molecule has 2 heterocycles. The first-order valence-corrected chi connectivity index (χ1v) is 9.65. The Morgan fingerprint density at radius 3 is 2.46 bits per heavy atom. The van der Waals surface area contributed by atoms with Gasteiger partial charge in [0.05, 0.1) is 0 Å². The SMILES string of the molecule is CCN1CCN(c2ccc(NC(=O)c3cc4ccccc4c(=O)[nH]3)cc2)CC1. The average Bonchev–Trinajstić information content (AvgIpc) is 2.74. The lowest BCUT2D eigenvalue weighted by Crippen LogP contribution is -2.46. The van der Waals surface area contributed by atoms with E-state index in [1.807, 2.05) is 36.4 Å². The predicted octanol–water partition coefficient (Wildman–Crippen LogP) is 2.92. The molecular weight excluding hydrogens is 352 g/mol. The third kappa shape index (κ3) is 3.77. The van der Waals surface area contributed by atoms with Gasteiger partial charge in [-0.1, -0.05) is 25.1 Å². The van der Waals surface area contributed by atoms with Crippen LogP contribution in [0.15, 0.2) is 59.4 Å². The van der Waals surface area contributed by atoms with Crippen molar-refractivity contribution >= 4 is 28.1 Å². The molecule has 28 heavy (non-hydrogen) atoms. The maximum Gasteiger partial charge on any atom is 0.272 e. The number of aromatic nitrogens is 1. The second kappa shape index (κ2) is 7.86. The molecule has 0 atom stereocenters. The predicted molar refractivity (Wildman–Crippen MR) is 113 cm³/mol. The molecule has 1 saturated heterocycles. The number of benzene rings is 2. The summed E-state index contributed by atoms with van der Waals surface area (Å²) in [6.45, 7) is 7.45. The van der Waals surface area contributed by atoms with Crippen LogP contribution in [-0.2, 0) is 0 Å². The van der Waals surface area contributed by atoms with Crippen LogP contribution >= 0.6 is 0 Å². The summed E-state index contributed by atoms with van der Waals surface area (Å²) in [5.74, 6) is -0.327. The number of piperazine rings is 1. The Labute approximate surface area is 163 Å². The van der Waals surface area contributed by atoms with Crippen molar-refractivity contribution in [2.24, 2.45) is 0 Å². The molecule has 144 valence electrons. The molecule has 0 unspecified atom stereocenters. The molecule has 2 aromatic carbocycles. The topological polar surface area (TPSA) is 68.4 Å². The molecule has 0 saturated carbocycles. The third-order valence-electron chi connectivity index (χ3n) is 5.31. The minimum Gasteiger partial charge on any atom is -0.369 e. The van der Waals surface area contributed by atoms with Gasteiger partial charge < -0.3 is 20.1 Å². The molecule has 0 bridgehead atoms. The van der Waals surface area contributed by atoms with Crippen LogP contribution in [0.3, 0.4) is 0 Å². The van der Waals surface area contributed by atoms with Gasteiger partial charge in [-0.15, -0.1) is 0 Å². The number of nitrogens with zero attached hydrogens (tertiary/aromatic N) is 2. The zero-order chi connectivity index (χ0) is 19.5. The van der Waals surface area contributed by atoms with Crippen LogP contribution in [0.1, 0.15) is 17.4 Å². The number of hydrogen-bond donors (Lipinski definition) is 2. The van der Waals surface area contributed by atoms with E-state index in [9.17, 15) is 9.59 Å². The zero-order valence-electron chi connectivity index (χ0n) is 15.9. The van der Waals surface area contributed by atoms with Crippen molar-refractivity contribution in [1.82, 2.24) is 9.88 Å². The molecule has 6 heteroatoms. The molecule has 1 fully saturated rings. The molecule has 1 aliphatic heterocycles. The summed E-state index contributed by atoms with van der Waals surface area (Å²) >= 11 is 0. The fourth-order valence-electron chi connectivity index (χ4n) is 3.61. The van der Waals surface area contributed by atoms with E-state index >= 15 is 0 Å². The van der Waals surface area contributed by atoms with Crippen LogP contribution in [0.4, 0.5) is 11.4 Å². The molecule has 6 nitrogen and oxygen atoms in total. The lowest BCUT2D eigenvalue weighted by molar-refractivity contribution is 0.102. The van der Waals surface area contributed by atoms with Crippen molar-refractivity contribution in [3.63, 3.8) is 0 Å². The van der Waals surface area contributed by atoms with Gasteiger partial charge in [-0.05, 0) is 48.3 Å². The van der Waals surface area contributed by atoms with E-state index in [1.54, 1.807) is 18.2 Å². The van der Waals surface area contributed by atoms with Crippen molar-refractivity contribution < 1.29 is 4.79 Å². The number of carbonyl (C=O) groups excluding carboxylic acids is 1. The third-order valence-corrected chi connectivity index (χ3v) is 5.31. The number of likely N-dealkylation sites (N-methyl/N-ethyl adjacent to an activating group) is 1. The standard InChI is InChI=1S/C22H24N4O2/c1-2-25-11-13-26(14-12-25)18-9-7-17(8-10-18)23-22(28)20-15-16-5-3-4-6-19(16)21(27)24-20/h3-10,15H,2,11-14H2,1H3,(H,23,28)(H,24,27). The van der Waals surface area contributed by atoms with E-state index in [2.05, 4.69) is 27.0 Å². The fraction of sp³-hybridized carbons (Fsp3) is 0.273. The number of hydrogen-bond acceptors (Lipinski definition) is 4. The highest BCUT2D eigenvalue weighted by molar-refractivity contribution is 6.04. The number of carbonyl (C=O) groups is 1. The summed E-state index contributed by atoms with van der Waals surface area (Å²) in [7, 11) is 0. The summed E-state index contributed by atoms with van der Waals surface area (Å²) in [6.07, 6.45) is 0. The Kier molecular flexibility index (Phi) is 5.12. The summed E-state index contributed by atoms with van der Waals surface area (Å²) in [4.78, 5) is 32.2. The van der Waals surface area contributed by atoms with Crippen molar-refractivity contribution in [1.29, 1.82) is 0 Å². The number of H-pyrrole nitrogens is 1. The van der Waals surface area contributed by atoms with Gasteiger partial charge in [0, 0.05) is 42.9 Å². The van der Waals surface area contributed by atoms with E-state index in [4.69, 9.17) is 0 Å². The Balaban J connectivity index is 1.46. The van der Waals surface area contributed by atoms with Crippen LogP contribution in [-0.4, -0.2) is 48.5 Å². The van der Waals surface area contributed by atoms with E-state index in [-0.39, 0.29) is 17.2 Å². The first kappa shape index (κ1) is 18.3. The molecule has 1 aromatic heterocycles. The van der Waals surface area contributed by atoms with Crippen LogP contribution in [0, 0.1) is 0 Å². The molecule has 1 aliphatic rings. The number of amides is 1. The highest BCUT2D eigenvalue weighted by atomic mass is 16.2. The molecule has 0 radical (unpaired) electrons. The molecular formula is C22H24N4O2. The number of aromatic amines is 1. The van der Waals surface area contributed by atoms with E-state index in [0.717, 1.165) is 43.8 Å². The highest BCUT2D eigenvalue weighted by Crippen LogP contribution is 2.20. The fourth-order valence-corrected chi connectivity index (χ4v) is 3.61. The van der Waals surface area contributed by atoms with Crippen LogP contribution in [0.5, 0.6) is 0 Å². The Hall–Kier alpha value is -3.12. The van der Waals surface area contributed by atoms with Crippen LogP contribution in [0.2, 0.25) is 0 Å². The summed E-state index contributed by atoms with van der Waals surface area (Å²) < 4.78 is 0. The molecule has 1 amide bonds. The minimum atomic E-state index is -0.327. The first-order chi connectivity index (χ1) is 13.6. The Morgan fingerprint density at radius 1 is 1.04 bits per heavy atom. The van der Waals surface area contributed by atoms with Crippen LogP contribution < -0.4 is 15.8 Å². The zero-order valence-corrected chi connectivity index (χ0v) is 15.9. The molecule has 4 rings (SSSR count). The second-order valence-electron chi connectivity index (χ2n) is 7.02. The summed E-state index contributed by atoms with van der Waals surface area (Å²) in [6, 6.07) is 16.8. The van der Waals surface area contributed by atoms with Gasteiger partial charge in [0.1, 0.15) is 5.69 Å². The first-order valence-electron chi connectivity index (χ1n) is 9.65. The van der Waals surface area contributed by atoms with Crippen molar-refractivity contribution in [3.8, 4) is 0 Å². The van der Waals surface area contributed by atoms with Crippen molar-refractivity contribution in [3.05, 3.63) is 70.6 Å². The van der Waals surface area contributed by atoms with Gasteiger partial charge >= 0.3 is 0 Å². The van der Waals surface area contributed by atoms with E-state index in [0.29, 0.717) is 11.1 Å². The normalized spacial score (nSPS) is 15.0. The average molecular weight is 376 g/mol. The van der Waals surface area contributed by atoms with Gasteiger partial charge in [0.25, 0.3) is 11.5 Å². The monoisotopic (exact) mass is 376 g/mol. The molecule has 2 N–H and O–H groups in total. The Bertz CT molecular complexity index is 1030. The van der Waals surface area contributed by atoms with Crippen molar-refractivity contribution in [2.75, 3.05) is 42.9 Å². The van der Waals surface area contributed by atoms with E-state index in [1.165, 1.54) is 0 Å². The smallest absolute Gasteiger partial charge is 0.272 e. The number of rotatable bonds is 4. The maximum atomic E-state index is 12.6. The number of anilines is 2. The van der Waals surface area contributed by atoms with Gasteiger partial charge in [-0.2, -0.15) is 0 Å². The number of nitrogens with one attached hydrogen (secondary N) is 2. The summed E-state index contributed by atoms with van der Waals surface area (Å²) in [5, 5.41) is 4.18.